The largest absolute Gasteiger partial charge is 0.480 e. The second-order valence-corrected chi connectivity index (χ2v) is 7.98. The van der Waals surface area contributed by atoms with E-state index >= 15 is 0 Å². The maximum absolute atomic E-state index is 13.1. The molecule has 1 fully saturated rings. The van der Waals surface area contributed by atoms with Gasteiger partial charge in [-0.3, -0.25) is 9.67 Å². The van der Waals surface area contributed by atoms with Crippen molar-refractivity contribution in [3.63, 3.8) is 0 Å². The van der Waals surface area contributed by atoms with Crippen LogP contribution in [0.3, 0.4) is 0 Å². The van der Waals surface area contributed by atoms with Gasteiger partial charge in [0, 0.05) is 13.1 Å². The second kappa shape index (κ2) is 7.20. The van der Waals surface area contributed by atoms with E-state index in [4.69, 9.17) is 9.47 Å². The van der Waals surface area contributed by atoms with Crippen LogP contribution in [0, 0.1) is 13.8 Å². The average Bonchev–Trinajstić information content (AvgIpc) is 3.19. The Balaban J connectivity index is 1.76. The maximum Gasteiger partial charge on any atom is 0.246 e. The molecule has 0 bridgehead atoms. The summed E-state index contributed by atoms with van der Waals surface area (Å²) in [6, 6.07) is 0. The summed E-state index contributed by atoms with van der Waals surface area (Å²) in [6.45, 7) is 6.72. The molecule has 0 N–H and O–H groups in total. The summed E-state index contributed by atoms with van der Waals surface area (Å²) in [5, 5.41) is 4.32. The number of methoxy groups -OCH3 is 1. The molecule has 0 aliphatic carbocycles. The lowest BCUT2D eigenvalue weighted by Crippen LogP contribution is -2.31. The van der Waals surface area contributed by atoms with Crippen LogP contribution in [0.5, 0.6) is 11.8 Å². The summed E-state index contributed by atoms with van der Waals surface area (Å²) < 4.78 is 40.1. The molecule has 3 heterocycles. The van der Waals surface area contributed by atoms with Crippen LogP contribution in [0.4, 0.5) is 0 Å². The molecule has 1 atom stereocenters. The molecule has 1 saturated heterocycles. The summed E-state index contributed by atoms with van der Waals surface area (Å²) >= 11 is 0. The number of hydrogen-bond acceptors (Lipinski definition) is 7. The monoisotopic (exact) mass is 381 g/mol. The highest BCUT2D eigenvalue weighted by molar-refractivity contribution is 7.89. The predicted molar refractivity (Wildman–Crippen MR) is 93.8 cm³/mol. The van der Waals surface area contributed by atoms with Crippen LogP contribution < -0.4 is 9.47 Å². The van der Waals surface area contributed by atoms with Crippen molar-refractivity contribution in [3.05, 3.63) is 23.8 Å². The van der Waals surface area contributed by atoms with Gasteiger partial charge < -0.3 is 9.47 Å². The lowest BCUT2D eigenvalue weighted by atomic mass is 10.3. The lowest BCUT2D eigenvalue weighted by molar-refractivity contribution is 0.203. The highest BCUT2D eigenvalue weighted by Crippen LogP contribution is 2.27. The minimum Gasteiger partial charge on any atom is -0.480 e. The highest BCUT2D eigenvalue weighted by Gasteiger charge is 2.37. The van der Waals surface area contributed by atoms with Crippen molar-refractivity contribution < 1.29 is 17.9 Å². The van der Waals surface area contributed by atoms with Crippen molar-refractivity contribution in [2.45, 2.75) is 44.7 Å². The van der Waals surface area contributed by atoms with Gasteiger partial charge in [0.15, 0.2) is 0 Å². The van der Waals surface area contributed by atoms with E-state index < -0.39 is 10.0 Å². The van der Waals surface area contributed by atoms with Gasteiger partial charge in [0.25, 0.3) is 0 Å². The van der Waals surface area contributed by atoms with Gasteiger partial charge in [-0.1, -0.05) is 0 Å². The molecule has 0 amide bonds. The molecule has 0 spiro atoms. The molecule has 1 unspecified atom stereocenters. The zero-order valence-electron chi connectivity index (χ0n) is 15.3. The normalized spacial score (nSPS) is 18.2. The van der Waals surface area contributed by atoms with Crippen molar-refractivity contribution in [3.8, 4) is 11.8 Å². The topological polar surface area (TPSA) is 99.4 Å². The number of nitrogens with zero attached hydrogens (tertiary/aromatic N) is 5. The van der Waals surface area contributed by atoms with Crippen molar-refractivity contribution in [2.24, 2.45) is 0 Å². The Morgan fingerprint density at radius 3 is 2.65 bits per heavy atom. The third-order valence-corrected chi connectivity index (χ3v) is 6.53. The van der Waals surface area contributed by atoms with Crippen LogP contribution in [0.2, 0.25) is 0 Å². The number of aryl methyl sites for hydroxylation is 2. The number of ether oxygens (including phenoxy) is 2. The summed E-state index contributed by atoms with van der Waals surface area (Å²) in [4.78, 5) is 8.44. The number of aromatic nitrogens is 4. The summed E-state index contributed by atoms with van der Waals surface area (Å²) in [5.41, 5.74) is 1.18. The molecule has 142 valence electrons. The maximum atomic E-state index is 13.1. The third-order valence-electron chi connectivity index (χ3n) is 4.41. The predicted octanol–water partition coefficient (Wildman–Crippen LogP) is 1.16. The quantitative estimate of drug-likeness (QED) is 0.740. The van der Waals surface area contributed by atoms with Crippen LogP contribution in [-0.4, -0.2) is 58.8 Å². The van der Waals surface area contributed by atoms with Gasteiger partial charge in [0.2, 0.25) is 21.8 Å². The van der Waals surface area contributed by atoms with Crippen LogP contribution in [0.25, 0.3) is 0 Å². The van der Waals surface area contributed by atoms with E-state index in [1.807, 2.05) is 6.92 Å². The number of rotatable bonds is 6. The van der Waals surface area contributed by atoms with Crippen molar-refractivity contribution in [1.82, 2.24) is 24.1 Å². The van der Waals surface area contributed by atoms with Crippen molar-refractivity contribution in [2.75, 3.05) is 20.2 Å². The van der Waals surface area contributed by atoms with Gasteiger partial charge in [-0.05, 0) is 27.2 Å². The third kappa shape index (κ3) is 3.38. The first-order valence-electron chi connectivity index (χ1n) is 8.43. The fourth-order valence-electron chi connectivity index (χ4n) is 3.16. The van der Waals surface area contributed by atoms with Crippen LogP contribution in [0.1, 0.15) is 24.7 Å². The Morgan fingerprint density at radius 2 is 2.00 bits per heavy atom. The minimum absolute atomic E-state index is 0.261. The zero-order chi connectivity index (χ0) is 18.9. The Morgan fingerprint density at radius 1 is 1.27 bits per heavy atom. The number of hydrogen-bond donors (Lipinski definition) is 0. The molecule has 0 aromatic carbocycles. The fourth-order valence-corrected chi connectivity index (χ4v) is 5.02. The van der Waals surface area contributed by atoms with Crippen molar-refractivity contribution in [1.29, 1.82) is 0 Å². The van der Waals surface area contributed by atoms with Gasteiger partial charge in [-0.2, -0.15) is 14.4 Å². The first-order chi connectivity index (χ1) is 12.4. The smallest absolute Gasteiger partial charge is 0.246 e. The zero-order valence-corrected chi connectivity index (χ0v) is 16.2. The SMILES string of the molecule is CCn1nc(C)c(S(=O)(=O)N2CCC(Oc3cncc(OC)n3)C2)c1C. The van der Waals surface area contributed by atoms with Crippen LogP contribution >= 0.6 is 0 Å². The van der Waals surface area contributed by atoms with E-state index in [1.54, 1.807) is 18.5 Å². The van der Waals surface area contributed by atoms with E-state index in [-0.39, 0.29) is 12.6 Å². The van der Waals surface area contributed by atoms with E-state index in [2.05, 4.69) is 15.1 Å². The van der Waals surface area contributed by atoms with E-state index in [0.29, 0.717) is 47.6 Å². The Labute approximate surface area is 153 Å². The van der Waals surface area contributed by atoms with Gasteiger partial charge in [0.05, 0.1) is 37.4 Å². The molecule has 1 aliphatic heterocycles. The molecule has 10 heteroatoms. The standard InChI is InChI=1S/C16H23N5O4S/c1-5-21-12(3)16(11(2)19-21)26(22,23)20-7-6-13(10-20)25-15-9-17-8-14(18-15)24-4/h8-9,13H,5-7,10H2,1-4H3. The van der Waals surface area contributed by atoms with Gasteiger partial charge in [-0.25, -0.2) is 8.42 Å². The minimum atomic E-state index is -3.62. The molecule has 9 nitrogen and oxygen atoms in total. The molecular formula is C16H23N5O4S. The fraction of sp³-hybridized carbons (Fsp3) is 0.562. The lowest BCUT2D eigenvalue weighted by Gasteiger charge is -2.17. The molecule has 0 saturated carbocycles. The Bertz CT molecular complexity index is 896. The van der Waals surface area contributed by atoms with Gasteiger partial charge >= 0.3 is 0 Å². The molecule has 3 rings (SSSR count). The molecule has 2 aromatic rings. The molecule has 1 aliphatic rings. The molecule has 26 heavy (non-hydrogen) atoms. The summed E-state index contributed by atoms with van der Waals surface area (Å²) in [7, 11) is -2.12. The highest BCUT2D eigenvalue weighted by atomic mass is 32.2. The van der Waals surface area contributed by atoms with Gasteiger partial charge in [-0.15, -0.1) is 0 Å². The molecule has 0 radical (unpaired) electrons. The summed E-state index contributed by atoms with van der Waals surface area (Å²) in [6.07, 6.45) is 3.26. The average molecular weight is 381 g/mol. The summed E-state index contributed by atoms with van der Waals surface area (Å²) in [5.74, 6) is 0.669. The van der Waals surface area contributed by atoms with E-state index in [1.165, 1.54) is 23.8 Å². The van der Waals surface area contributed by atoms with Crippen LogP contribution in [0.15, 0.2) is 17.3 Å². The second-order valence-electron chi connectivity index (χ2n) is 6.11. The van der Waals surface area contributed by atoms with E-state index in [0.717, 1.165) is 0 Å². The Hall–Kier alpha value is -2.20. The molecule has 2 aromatic heterocycles. The van der Waals surface area contributed by atoms with E-state index in [9.17, 15) is 8.42 Å². The van der Waals surface area contributed by atoms with Crippen LogP contribution in [-0.2, 0) is 16.6 Å². The Kier molecular flexibility index (Phi) is 5.15. The van der Waals surface area contributed by atoms with Gasteiger partial charge in [0.1, 0.15) is 11.0 Å². The first kappa shape index (κ1) is 18.6. The number of sulfonamides is 1. The van der Waals surface area contributed by atoms with Crippen molar-refractivity contribution >= 4 is 10.0 Å². The molecular weight excluding hydrogens is 358 g/mol. The first-order valence-corrected chi connectivity index (χ1v) is 9.87.